The number of amides is 1. The van der Waals surface area contributed by atoms with Gasteiger partial charge in [0.25, 0.3) is 5.91 Å². The monoisotopic (exact) mass is 375 g/mol. The van der Waals surface area contributed by atoms with Gasteiger partial charge in [0.15, 0.2) is 5.82 Å². The Bertz CT molecular complexity index is 909. The zero-order chi connectivity index (χ0) is 17.8. The highest BCUT2D eigenvalue weighted by atomic mass is 35.5. The molecule has 0 aliphatic carbocycles. The number of carbonyl (C=O) groups excluding carboxylic acids is 1. The zero-order valence-electron chi connectivity index (χ0n) is 13.3. The van der Waals surface area contributed by atoms with E-state index in [0.717, 1.165) is 11.3 Å². The first-order chi connectivity index (χ1) is 12.0. The van der Waals surface area contributed by atoms with Gasteiger partial charge in [-0.2, -0.15) is 5.10 Å². The number of H-pyrrole nitrogens is 1. The molecular formula is C18H15Cl2N3O2. The normalized spacial score (nSPS) is 10.5. The molecule has 3 aromatic rings. The quantitative estimate of drug-likeness (QED) is 0.669. The number of ether oxygens (including phenoxy) is 1. The SMILES string of the molecule is Cc1cc(NC(=O)c2cccc(COc3cc(Cl)ccc3Cl)c2)n[nH]1. The van der Waals surface area contributed by atoms with Crippen molar-refractivity contribution >= 4 is 34.9 Å². The molecule has 2 aromatic carbocycles. The number of carbonyl (C=O) groups is 1. The maximum absolute atomic E-state index is 12.3. The van der Waals surface area contributed by atoms with Crippen molar-refractivity contribution < 1.29 is 9.53 Å². The van der Waals surface area contributed by atoms with Crippen LogP contribution >= 0.6 is 23.2 Å². The Morgan fingerprint density at radius 1 is 1.20 bits per heavy atom. The summed E-state index contributed by atoms with van der Waals surface area (Å²) in [6.07, 6.45) is 0. The van der Waals surface area contributed by atoms with Gasteiger partial charge < -0.3 is 10.1 Å². The molecular weight excluding hydrogens is 361 g/mol. The smallest absolute Gasteiger partial charge is 0.256 e. The van der Waals surface area contributed by atoms with Crippen molar-refractivity contribution in [2.45, 2.75) is 13.5 Å². The number of nitrogens with one attached hydrogen (secondary N) is 2. The fraction of sp³-hybridized carbons (Fsp3) is 0.111. The summed E-state index contributed by atoms with van der Waals surface area (Å²) in [5, 5.41) is 10.5. The molecule has 0 aliphatic heterocycles. The Labute approximate surface area is 154 Å². The molecule has 1 aromatic heterocycles. The molecule has 1 amide bonds. The molecule has 3 rings (SSSR count). The van der Waals surface area contributed by atoms with E-state index in [9.17, 15) is 4.79 Å². The van der Waals surface area contributed by atoms with Crippen LogP contribution in [0, 0.1) is 6.92 Å². The Morgan fingerprint density at radius 2 is 2.04 bits per heavy atom. The average Bonchev–Trinajstić information content (AvgIpc) is 3.01. The van der Waals surface area contributed by atoms with Crippen molar-refractivity contribution in [2.75, 3.05) is 5.32 Å². The first-order valence-electron chi connectivity index (χ1n) is 7.51. The summed E-state index contributed by atoms with van der Waals surface area (Å²) in [4.78, 5) is 12.3. The van der Waals surface area contributed by atoms with Gasteiger partial charge in [-0.25, -0.2) is 0 Å². The second-order valence-corrected chi connectivity index (χ2v) is 6.30. The zero-order valence-corrected chi connectivity index (χ0v) is 14.9. The largest absolute Gasteiger partial charge is 0.487 e. The summed E-state index contributed by atoms with van der Waals surface area (Å²) in [7, 11) is 0. The molecule has 1 heterocycles. The van der Waals surface area contributed by atoms with Gasteiger partial charge in [0.05, 0.1) is 5.02 Å². The van der Waals surface area contributed by atoms with Crippen LogP contribution in [-0.2, 0) is 6.61 Å². The van der Waals surface area contributed by atoms with Crippen LogP contribution in [-0.4, -0.2) is 16.1 Å². The predicted molar refractivity (Wildman–Crippen MR) is 98.5 cm³/mol. The number of hydrogen-bond donors (Lipinski definition) is 2. The molecule has 0 radical (unpaired) electrons. The lowest BCUT2D eigenvalue weighted by atomic mass is 10.1. The van der Waals surface area contributed by atoms with Gasteiger partial charge in [0.1, 0.15) is 12.4 Å². The lowest BCUT2D eigenvalue weighted by molar-refractivity contribution is 0.102. The number of aromatic nitrogens is 2. The number of rotatable bonds is 5. The van der Waals surface area contributed by atoms with Crippen LogP contribution in [0.5, 0.6) is 5.75 Å². The third-order valence-electron chi connectivity index (χ3n) is 3.42. The third-order valence-corrected chi connectivity index (χ3v) is 3.97. The van der Waals surface area contributed by atoms with Crippen LogP contribution in [0.1, 0.15) is 21.6 Å². The van der Waals surface area contributed by atoms with Crippen LogP contribution in [0.3, 0.4) is 0 Å². The lowest BCUT2D eigenvalue weighted by Crippen LogP contribution is -2.12. The fourth-order valence-corrected chi connectivity index (χ4v) is 2.56. The number of hydrogen-bond acceptors (Lipinski definition) is 3. The van der Waals surface area contributed by atoms with E-state index >= 15 is 0 Å². The summed E-state index contributed by atoms with van der Waals surface area (Å²) in [5.74, 6) is 0.736. The molecule has 0 saturated carbocycles. The van der Waals surface area contributed by atoms with Crippen LogP contribution in [0.4, 0.5) is 5.82 Å². The van der Waals surface area contributed by atoms with Gasteiger partial charge in [0, 0.05) is 28.4 Å². The molecule has 0 aliphatic rings. The molecule has 0 unspecified atom stereocenters. The fourth-order valence-electron chi connectivity index (χ4n) is 2.22. The van der Waals surface area contributed by atoms with Gasteiger partial charge in [-0.15, -0.1) is 0 Å². The van der Waals surface area contributed by atoms with E-state index in [2.05, 4.69) is 15.5 Å². The van der Waals surface area contributed by atoms with Gasteiger partial charge in [-0.05, 0) is 36.8 Å². The number of aromatic amines is 1. The van der Waals surface area contributed by atoms with Gasteiger partial charge in [-0.1, -0.05) is 35.3 Å². The molecule has 0 bridgehead atoms. The summed E-state index contributed by atoms with van der Waals surface area (Å²) < 4.78 is 5.69. The predicted octanol–water partition coefficient (Wildman–Crippen LogP) is 4.86. The molecule has 0 saturated heterocycles. The second-order valence-electron chi connectivity index (χ2n) is 5.45. The summed E-state index contributed by atoms with van der Waals surface area (Å²) in [6.45, 7) is 2.13. The van der Waals surface area contributed by atoms with Gasteiger partial charge >= 0.3 is 0 Å². The number of benzene rings is 2. The van der Waals surface area contributed by atoms with E-state index in [1.807, 2.05) is 13.0 Å². The number of anilines is 1. The van der Waals surface area contributed by atoms with Crippen LogP contribution < -0.4 is 10.1 Å². The molecule has 0 fully saturated rings. The molecule has 25 heavy (non-hydrogen) atoms. The van der Waals surface area contributed by atoms with Crippen molar-refractivity contribution in [3.05, 3.63) is 75.4 Å². The molecule has 128 valence electrons. The minimum absolute atomic E-state index is 0.242. The highest BCUT2D eigenvalue weighted by Gasteiger charge is 2.09. The van der Waals surface area contributed by atoms with Crippen LogP contribution in [0.2, 0.25) is 10.0 Å². The van der Waals surface area contributed by atoms with E-state index in [-0.39, 0.29) is 12.5 Å². The molecule has 7 heteroatoms. The minimum atomic E-state index is -0.242. The Balaban J connectivity index is 1.68. The van der Waals surface area contributed by atoms with E-state index in [4.69, 9.17) is 27.9 Å². The standard InChI is InChI=1S/C18H15Cl2N3O2/c1-11-7-17(23-22-11)21-18(24)13-4-2-3-12(8-13)10-25-16-9-14(19)5-6-15(16)20/h2-9H,10H2,1H3,(H2,21,22,23,24). The van der Waals surface area contributed by atoms with Crippen molar-refractivity contribution in [1.29, 1.82) is 0 Å². The summed E-state index contributed by atoms with van der Waals surface area (Å²) >= 11 is 12.0. The van der Waals surface area contributed by atoms with Crippen LogP contribution in [0.25, 0.3) is 0 Å². The Kier molecular flexibility index (Phi) is 5.26. The minimum Gasteiger partial charge on any atom is -0.487 e. The first kappa shape index (κ1) is 17.3. The van der Waals surface area contributed by atoms with Crippen molar-refractivity contribution in [1.82, 2.24) is 10.2 Å². The topological polar surface area (TPSA) is 67.0 Å². The van der Waals surface area contributed by atoms with E-state index in [1.54, 1.807) is 42.5 Å². The van der Waals surface area contributed by atoms with E-state index in [1.165, 1.54) is 0 Å². The molecule has 5 nitrogen and oxygen atoms in total. The van der Waals surface area contributed by atoms with Crippen molar-refractivity contribution in [3.8, 4) is 5.75 Å². The maximum atomic E-state index is 12.3. The average molecular weight is 376 g/mol. The highest BCUT2D eigenvalue weighted by molar-refractivity contribution is 6.34. The Hall–Kier alpha value is -2.50. The van der Waals surface area contributed by atoms with Crippen LogP contribution in [0.15, 0.2) is 48.5 Å². The lowest BCUT2D eigenvalue weighted by Gasteiger charge is -2.09. The van der Waals surface area contributed by atoms with E-state index in [0.29, 0.717) is 27.2 Å². The van der Waals surface area contributed by atoms with Gasteiger partial charge in [0.2, 0.25) is 0 Å². The number of nitrogens with zero attached hydrogens (tertiary/aromatic N) is 1. The van der Waals surface area contributed by atoms with Crippen molar-refractivity contribution in [3.63, 3.8) is 0 Å². The first-order valence-corrected chi connectivity index (χ1v) is 8.27. The summed E-state index contributed by atoms with van der Waals surface area (Å²) in [5.41, 5.74) is 2.22. The van der Waals surface area contributed by atoms with E-state index < -0.39 is 0 Å². The number of aryl methyl sites for hydroxylation is 1. The summed E-state index contributed by atoms with van der Waals surface area (Å²) in [6, 6.07) is 13.9. The van der Waals surface area contributed by atoms with Gasteiger partial charge in [-0.3, -0.25) is 9.89 Å². The number of halogens is 2. The second kappa shape index (κ2) is 7.59. The van der Waals surface area contributed by atoms with Crippen molar-refractivity contribution in [2.24, 2.45) is 0 Å². The Morgan fingerprint density at radius 3 is 2.80 bits per heavy atom. The molecule has 0 spiro atoms. The highest BCUT2D eigenvalue weighted by Crippen LogP contribution is 2.28. The third kappa shape index (κ3) is 4.53. The molecule has 2 N–H and O–H groups in total. The molecule has 0 atom stereocenters. The maximum Gasteiger partial charge on any atom is 0.256 e.